The van der Waals surface area contributed by atoms with Gasteiger partial charge in [0, 0.05) is 6.42 Å². The van der Waals surface area contributed by atoms with Crippen molar-refractivity contribution >= 4 is 5.97 Å². The first-order chi connectivity index (χ1) is 16.0. The molecule has 5 atom stereocenters. The molecule has 0 aromatic heterocycles. The summed E-state index contributed by atoms with van der Waals surface area (Å²) in [6, 6.07) is 0. The molecule has 2 fully saturated rings. The maximum atomic E-state index is 12.4. The Morgan fingerprint density at radius 1 is 1.32 bits per heavy atom. The predicted molar refractivity (Wildman–Crippen MR) is 135 cm³/mol. The maximum absolute atomic E-state index is 12.4. The third kappa shape index (κ3) is 5.75. The van der Waals surface area contributed by atoms with E-state index in [1.165, 1.54) is 11.1 Å². The molecule has 5 heteroatoms. The molecule has 0 saturated heterocycles. The summed E-state index contributed by atoms with van der Waals surface area (Å²) in [6.45, 7) is 14.4. The third-order valence-electron chi connectivity index (χ3n) is 8.62. The number of aliphatic hydroxyl groups is 2. The van der Waals surface area contributed by atoms with E-state index in [4.69, 9.17) is 9.47 Å². The van der Waals surface area contributed by atoms with Gasteiger partial charge in [-0.1, -0.05) is 51.2 Å². The van der Waals surface area contributed by atoms with Gasteiger partial charge in [-0.15, -0.1) is 0 Å². The molecule has 5 nitrogen and oxygen atoms in total. The van der Waals surface area contributed by atoms with Crippen molar-refractivity contribution in [2.75, 3.05) is 6.61 Å². The molecular weight excluding hydrogens is 428 g/mol. The van der Waals surface area contributed by atoms with Crippen LogP contribution in [0.4, 0.5) is 0 Å². The lowest BCUT2D eigenvalue weighted by atomic mass is 9.63. The topological polar surface area (TPSA) is 76.0 Å². The molecule has 3 rings (SSSR count). The lowest BCUT2D eigenvalue weighted by Crippen LogP contribution is -2.36. The number of aliphatic hydroxyl groups excluding tert-OH is 2. The predicted octanol–water partition coefficient (Wildman–Crippen LogP) is 5.57. The summed E-state index contributed by atoms with van der Waals surface area (Å²) >= 11 is 0. The number of hydrogen-bond acceptors (Lipinski definition) is 5. The Kier molecular flexibility index (Phi) is 8.65. The first-order valence-corrected chi connectivity index (χ1v) is 13.0. The van der Waals surface area contributed by atoms with Gasteiger partial charge in [-0.3, -0.25) is 0 Å². The number of carbonyl (C=O) groups excluding carboxylic acids is 1. The van der Waals surface area contributed by atoms with E-state index in [9.17, 15) is 15.0 Å². The van der Waals surface area contributed by atoms with Crippen molar-refractivity contribution < 1.29 is 24.5 Å². The number of fused-ring (bicyclic) bond motifs is 1. The fraction of sp³-hybridized carbons (Fsp3) is 0.690. The van der Waals surface area contributed by atoms with Crippen molar-refractivity contribution in [1.29, 1.82) is 0 Å². The minimum absolute atomic E-state index is 0.00979. The van der Waals surface area contributed by atoms with Crippen LogP contribution in [0.1, 0.15) is 86.0 Å². The second kappa shape index (κ2) is 10.9. The Morgan fingerprint density at radius 2 is 2.03 bits per heavy atom. The SMILES string of the molecule is C=C1/C(=C\C=C2/CCC[C@]3(C)C([C@H](C)OCC(=O)OC(C)(CC)CC)=CCC23)C[C@@H](O)C[C@@H]1O. The molecule has 1 unspecified atom stereocenters. The van der Waals surface area contributed by atoms with Gasteiger partial charge in [0.05, 0.1) is 18.3 Å². The highest BCUT2D eigenvalue weighted by Crippen LogP contribution is 2.55. The van der Waals surface area contributed by atoms with E-state index in [0.717, 1.165) is 49.7 Å². The van der Waals surface area contributed by atoms with Crippen molar-refractivity contribution in [1.82, 2.24) is 0 Å². The average Bonchev–Trinajstić information content (AvgIpc) is 3.16. The average molecular weight is 473 g/mol. The molecule has 0 aromatic carbocycles. The van der Waals surface area contributed by atoms with Gasteiger partial charge in [0.1, 0.15) is 12.2 Å². The largest absolute Gasteiger partial charge is 0.458 e. The summed E-state index contributed by atoms with van der Waals surface area (Å²) in [5.74, 6) is 0.104. The molecular formula is C29H44O5. The highest BCUT2D eigenvalue weighted by atomic mass is 16.6. The Morgan fingerprint density at radius 3 is 2.71 bits per heavy atom. The zero-order valence-electron chi connectivity index (χ0n) is 21.7. The summed E-state index contributed by atoms with van der Waals surface area (Å²) in [5.41, 5.74) is 3.94. The van der Waals surface area contributed by atoms with E-state index in [1.54, 1.807) is 0 Å². The van der Waals surface area contributed by atoms with Gasteiger partial charge in [-0.2, -0.15) is 0 Å². The van der Waals surface area contributed by atoms with Crippen LogP contribution in [-0.4, -0.2) is 46.7 Å². The summed E-state index contributed by atoms with van der Waals surface area (Å²) in [4.78, 5) is 12.4. The van der Waals surface area contributed by atoms with Crippen LogP contribution in [0.2, 0.25) is 0 Å². The number of esters is 1. The number of rotatable bonds is 8. The summed E-state index contributed by atoms with van der Waals surface area (Å²) < 4.78 is 11.7. The van der Waals surface area contributed by atoms with Gasteiger partial charge in [0.15, 0.2) is 0 Å². The summed E-state index contributed by atoms with van der Waals surface area (Å²) in [5, 5.41) is 20.2. The lowest BCUT2D eigenvalue weighted by Gasteiger charge is -2.42. The Bertz CT molecular complexity index is 862. The third-order valence-corrected chi connectivity index (χ3v) is 8.62. The molecule has 0 bridgehead atoms. The van der Waals surface area contributed by atoms with Crippen LogP contribution in [-0.2, 0) is 14.3 Å². The molecule has 190 valence electrons. The fourth-order valence-corrected chi connectivity index (χ4v) is 5.93. The van der Waals surface area contributed by atoms with Gasteiger partial charge in [0.2, 0.25) is 0 Å². The van der Waals surface area contributed by atoms with Crippen LogP contribution < -0.4 is 0 Å². The van der Waals surface area contributed by atoms with E-state index < -0.39 is 17.8 Å². The molecule has 3 aliphatic carbocycles. The van der Waals surface area contributed by atoms with Crippen LogP contribution in [0.25, 0.3) is 0 Å². The molecule has 0 heterocycles. The zero-order valence-corrected chi connectivity index (χ0v) is 21.7. The van der Waals surface area contributed by atoms with E-state index in [-0.39, 0.29) is 24.1 Å². The van der Waals surface area contributed by atoms with Gasteiger partial charge in [-0.25, -0.2) is 4.79 Å². The van der Waals surface area contributed by atoms with Gasteiger partial charge < -0.3 is 19.7 Å². The number of ether oxygens (including phenoxy) is 2. The summed E-state index contributed by atoms with van der Waals surface area (Å²) in [7, 11) is 0. The number of hydrogen-bond donors (Lipinski definition) is 2. The first-order valence-electron chi connectivity index (χ1n) is 13.0. The van der Waals surface area contributed by atoms with Crippen molar-refractivity contribution in [2.24, 2.45) is 11.3 Å². The van der Waals surface area contributed by atoms with Crippen LogP contribution in [0.5, 0.6) is 0 Å². The van der Waals surface area contributed by atoms with Gasteiger partial charge in [0.25, 0.3) is 0 Å². The monoisotopic (exact) mass is 472 g/mol. The fourth-order valence-electron chi connectivity index (χ4n) is 5.93. The number of allylic oxidation sites excluding steroid dienone is 4. The van der Waals surface area contributed by atoms with E-state index in [2.05, 4.69) is 31.7 Å². The second-order valence-corrected chi connectivity index (χ2v) is 10.9. The lowest BCUT2D eigenvalue weighted by molar-refractivity contribution is -0.165. The standard InChI is InChI=1S/C29H44O5/c1-7-28(5,8-2)34-27(32)18-33-20(4)24-13-14-25-21(10-9-15-29(24,25)6)11-12-22-16-23(30)17-26(31)19(22)3/h11-13,20,23,25-26,30-31H,3,7-10,14-18H2,1-2,4-6H3/b21-11+,22-12-/t20-,23+,25?,26-,29+/m0/s1. The molecule has 34 heavy (non-hydrogen) atoms. The van der Waals surface area contributed by atoms with Crippen LogP contribution in [0, 0.1) is 11.3 Å². The molecule has 3 aliphatic rings. The van der Waals surface area contributed by atoms with E-state index in [1.807, 2.05) is 27.7 Å². The molecule has 0 aromatic rings. The van der Waals surface area contributed by atoms with E-state index in [0.29, 0.717) is 18.8 Å². The summed E-state index contributed by atoms with van der Waals surface area (Å²) in [6.07, 6.45) is 11.9. The molecule has 0 spiro atoms. The first kappa shape index (κ1) is 26.9. The Hall–Kier alpha value is -1.69. The second-order valence-electron chi connectivity index (χ2n) is 10.9. The molecule has 0 aliphatic heterocycles. The van der Waals surface area contributed by atoms with Crippen molar-refractivity contribution in [2.45, 2.75) is 110 Å². The van der Waals surface area contributed by atoms with E-state index >= 15 is 0 Å². The minimum Gasteiger partial charge on any atom is -0.458 e. The van der Waals surface area contributed by atoms with Crippen LogP contribution in [0.3, 0.4) is 0 Å². The maximum Gasteiger partial charge on any atom is 0.332 e. The Labute approximate surface area is 205 Å². The molecule has 2 N–H and O–H groups in total. The zero-order chi connectivity index (χ0) is 25.1. The van der Waals surface area contributed by atoms with Crippen LogP contribution in [0.15, 0.2) is 47.1 Å². The smallest absolute Gasteiger partial charge is 0.332 e. The number of carbonyl (C=O) groups is 1. The quantitative estimate of drug-likeness (QED) is 0.357. The van der Waals surface area contributed by atoms with Crippen molar-refractivity contribution in [3.63, 3.8) is 0 Å². The highest BCUT2D eigenvalue weighted by molar-refractivity contribution is 5.71. The van der Waals surface area contributed by atoms with Crippen molar-refractivity contribution in [3.8, 4) is 0 Å². The minimum atomic E-state index is -0.665. The Balaban J connectivity index is 1.66. The van der Waals surface area contributed by atoms with Crippen molar-refractivity contribution in [3.05, 3.63) is 47.1 Å². The normalized spacial score (nSPS) is 33.1. The molecule has 0 radical (unpaired) electrons. The van der Waals surface area contributed by atoms with Gasteiger partial charge in [-0.05, 0) is 86.8 Å². The molecule has 2 saturated carbocycles. The van der Waals surface area contributed by atoms with Gasteiger partial charge >= 0.3 is 5.97 Å². The molecule has 0 amide bonds. The highest BCUT2D eigenvalue weighted by Gasteiger charge is 2.46. The van der Waals surface area contributed by atoms with Crippen LogP contribution >= 0.6 is 0 Å².